The Morgan fingerprint density at radius 3 is 2.74 bits per heavy atom. The van der Waals surface area contributed by atoms with E-state index in [1.165, 1.54) is 0 Å². The van der Waals surface area contributed by atoms with Crippen LogP contribution in [0.15, 0.2) is 59.1 Å². The highest BCUT2D eigenvalue weighted by molar-refractivity contribution is 5.76. The highest BCUT2D eigenvalue weighted by Gasteiger charge is 2.30. The largest absolute Gasteiger partial charge is 0.436 e. The van der Waals surface area contributed by atoms with Crippen molar-refractivity contribution in [1.82, 2.24) is 25.3 Å². The molecule has 174 valence electrons. The van der Waals surface area contributed by atoms with Gasteiger partial charge >= 0.3 is 6.09 Å². The Morgan fingerprint density at radius 1 is 1.06 bits per heavy atom. The van der Waals surface area contributed by atoms with Crippen molar-refractivity contribution in [2.45, 2.75) is 50.5 Å². The smallest absolute Gasteiger partial charge is 0.409 e. The van der Waals surface area contributed by atoms with Crippen LogP contribution in [-0.4, -0.2) is 45.0 Å². The summed E-state index contributed by atoms with van der Waals surface area (Å²) in [6.45, 7) is 0.647. The topological polar surface area (TPSA) is 104 Å². The lowest BCUT2D eigenvalue weighted by molar-refractivity contribution is -0.0685. The minimum atomic E-state index is -0.420. The van der Waals surface area contributed by atoms with Crippen LogP contribution in [0.2, 0.25) is 0 Å². The van der Waals surface area contributed by atoms with E-state index in [1.807, 2.05) is 53.2 Å². The van der Waals surface area contributed by atoms with Gasteiger partial charge in [0.05, 0.1) is 24.5 Å². The van der Waals surface area contributed by atoms with E-state index in [1.54, 1.807) is 6.20 Å². The first kappa shape index (κ1) is 20.9. The van der Waals surface area contributed by atoms with Crippen LogP contribution in [0.1, 0.15) is 38.1 Å². The number of para-hydroxylation sites is 2. The molecule has 6 rings (SSSR count). The van der Waals surface area contributed by atoms with Gasteiger partial charge in [0.25, 0.3) is 0 Å². The molecule has 0 spiro atoms. The Hall–Kier alpha value is -3.72. The van der Waals surface area contributed by atoms with Crippen LogP contribution >= 0.6 is 0 Å². The van der Waals surface area contributed by atoms with Gasteiger partial charge in [-0.05, 0) is 49.9 Å². The minimum Gasteiger partial charge on any atom is -0.436 e. The van der Waals surface area contributed by atoms with E-state index in [9.17, 15) is 4.79 Å². The van der Waals surface area contributed by atoms with Gasteiger partial charge < -0.3 is 19.2 Å². The fraction of sp³-hybridized carbons (Fsp3) is 0.360. The van der Waals surface area contributed by atoms with Crippen LogP contribution in [0.3, 0.4) is 0 Å². The molecule has 4 aromatic rings. The lowest BCUT2D eigenvalue weighted by Crippen LogP contribution is -2.35. The van der Waals surface area contributed by atoms with E-state index in [0.717, 1.165) is 60.0 Å². The maximum Gasteiger partial charge on any atom is 0.409 e. The number of nitrogens with one attached hydrogen (secondary N) is 1. The van der Waals surface area contributed by atoms with Gasteiger partial charge in [0.1, 0.15) is 5.52 Å². The molecule has 1 amide bonds. The lowest BCUT2D eigenvalue weighted by Gasteiger charge is -2.17. The third-order valence-electron chi connectivity index (χ3n) is 6.50. The predicted octanol–water partition coefficient (Wildman–Crippen LogP) is 4.71. The quantitative estimate of drug-likeness (QED) is 0.461. The number of carbonyl (C=O) groups excluding carboxylic acids is 1. The van der Waals surface area contributed by atoms with Crippen LogP contribution in [0.4, 0.5) is 4.79 Å². The fourth-order valence-electron chi connectivity index (χ4n) is 4.77. The van der Waals surface area contributed by atoms with Gasteiger partial charge in [0.2, 0.25) is 12.2 Å². The second kappa shape index (κ2) is 8.90. The van der Waals surface area contributed by atoms with Crippen molar-refractivity contribution in [1.29, 1.82) is 0 Å². The second-order valence-electron chi connectivity index (χ2n) is 8.78. The molecular formula is C25H25N5O4. The number of rotatable bonds is 5. The molecule has 1 aliphatic carbocycles. The van der Waals surface area contributed by atoms with Crippen molar-refractivity contribution in [3.05, 3.63) is 54.7 Å². The Bertz CT molecular complexity index is 1260. The van der Waals surface area contributed by atoms with Crippen LogP contribution in [-0.2, 0) is 9.47 Å². The molecule has 2 aromatic heterocycles. The highest BCUT2D eigenvalue weighted by Crippen LogP contribution is 2.34. The summed E-state index contributed by atoms with van der Waals surface area (Å²) in [6, 6.07) is 16.0. The zero-order chi connectivity index (χ0) is 22.9. The van der Waals surface area contributed by atoms with Crippen molar-refractivity contribution in [3.8, 4) is 22.7 Å². The Labute approximate surface area is 196 Å². The third-order valence-corrected chi connectivity index (χ3v) is 6.50. The van der Waals surface area contributed by atoms with E-state index in [0.29, 0.717) is 12.5 Å². The monoisotopic (exact) mass is 459 g/mol. The summed E-state index contributed by atoms with van der Waals surface area (Å²) in [5, 5.41) is 11.5. The normalized spacial score (nSPS) is 22.3. The van der Waals surface area contributed by atoms with E-state index in [2.05, 4.69) is 20.6 Å². The minimum absolute atomic E-state index is 0.0393. The van der Waals surface area contributed by atoms with Crippen molar-refractivity contribution in [3.63, 3.8) is 0 Å². The van der Waals surface area contributed by atoms with Gasteiger partial charge in [-0.3, -0.25) is 0 Å². The standard InChI is InChI=1S/C25H25N5O4/c31-25(34-23-6-3-13-32-23)27-18-11-12-19(14-18)30-21(15-26-29-30)16-7-9-17(10-8-16)24-28-20-4-1-2-5-22(20)33-24/h1-2,4-5,7-10,15,18-19,23H,3,6,11-14H2,(H,27,31)/t18-,19+,23-/m0/s1. The molecule has 9 heteroatoms. The van der Waals surface area contributed by atoms with E-state index >= 15 is 0 Å². The average molecular weight is 460 g/mol. The number of hydrogen-bond donors (Lipinski definition) is 1. The summed E-state index contributed by atoms with van der Waals surface area (Å²) in [6.07, 6.45) is 5.17. The number of fused-ring (bicyclic) bond motifs is 1. The van der Waals surface area contributed by atoms with Gasteiger partial charge in [-0.1, -0.05) is 29.5 Å². The number of carbonyl (C=O) groups is 1. The zero-order valence-electron chi connectivity index (χ0n) is 18.6. The summed E-state index contributed by atoms with van der Waals surface area (Å²) in [5.41, 5.74) is 4.48. The molecule has 0 unspecified atom stereocenters. The van der Waals surface area contributed by atoms with Crippen LogP contribution in [0.25, 0.3) is 33.8 Å². The van der Waals surface area contributed by atoms with Crippen LogP contribution < -0.4 is 5.32 Å². The maximum atomic E-state index is 12.2. The number of aromatic nitrogens is 4. The van der Waals surface area contributed by atoms with E-state index in [4.69, 9.17) is 13.9 Å². The number of nitrogens with zero attached hydrogens (tertiary/aromatic N) is 4. The summed E-state index contributed by atoms with van der Waals surface area (Å²) in [4.78, 5) is 16.8. The predicted molar refractivity (Wildman–Crippen MR) is 124 cm³/mol. The molecule has 0 radical (unpaired) electrons. The molecule has 1 N–H and O–H groups in total. The molecule has 1 aliphatic heterocycles. The Morgan fingerprint density at radius 2 is 1.91 bits per heavy atom. The number of hydrogen-bond acceptors (Lipinski definition) is 7. The van der Waals surface area contributed by atoms with E-state index < -0.39 is 12.4 Å². The molecule has 2 fully saturated rings. The van der Waals surface area contributed by atoms with Crippen molar-refractivity contribution in [2.24, 2.45) is 0 Å². The summed E-state index contributed by atoms with van der Waals surface area (Å²) in [7, 11) is 0. The molecule has 0 bridgehead atoms. The fourth-order valence-corrected chi connectivity index (χ4v) is 4.77. The van der Waals surface area contributed by atoms with Crippen molar-refractivity contribution < 1.29 is 18.7 Å². The van der Waals surface area contributed by atoms with Crippen LogP contribution in [0, 0.1) is 0 Å². The lowest BCUT2D eigenvalue weighted by atomic mass is 10.1. The number of ether oxygens (including phenoxy) is 2. The molecule has 1 saturated heterocycles. The first-order valence-corrected chi connectivity index (χ1v) is 11.7. The van der Waals surface area contributed by atoms with Crippen molar-refractivity contribution in [2.75, 3.05) is 6.61 Å². The van der Waals surface area contributed by atoms with Gasteiger partial charge in [-0.25, -0.2) is 14.5 Å². The average Bonchev–Trinajstić information content (AvgIpc) is 3.65. The Kier molecular flexibility index (Phi) is 5.46. The molecule has 2 aliphatic rings. The first-order chi connectivity index (χ1) is 16.7. The number of benzene rings is 2. The van der Waals surface area contributed by atoms with Crippen molar-refractivity contribution >= 4 is 17.2 Å². The van der Waals surface area contributed by atoms with Gasteiger partial charge in [0, 0.05) is 23.6 Å². The SMILES string of the molecule is O=C(N[C@H]1CC[C@@H](n2nncc2-c2ccc(-c3nc4ccccc4o3)cc2)C1)O[C@H]1CCCO1. The maximum absolute atomic E-state index is 12.2. The van der Waals surface area contributed by atoms with E-state index in [-0.39, 0.29) is 12.1 Å². The molecule has 34 heavy (non-hydrogen) atoms. The van der Waals surface area contributed by atoms with Crippen LogP contribution in [0.5, 0.6) is 0 Å². The number of oxazole rings is 1. The molecule has 9 nitrogen and oxygen atoms in total. The highest BCUT2D eigenvalue weighted by atomic mass is 16.7. The molecule has 3 atom stereocenters. The number of amides is 1. The zero-order valence-corrected chi connectivity index (χ0v) is 18.6. The van der Waals surface area contributed by atoms with Gasteiger partial charge in [-0.2, -0.15) is 0 Å². The summed E-state index contributed by atoms with van der Waals surface area (Å²) >= 11 is 0. The molecule has 3 heterocycles. The number of alkyl carbamates (subject to hydrolysis) is 1. The molecule has 1 saturated carbocycles. The van der Waals surface area contributed by atoms with Gasteiger partial charge in [-0.15, -0.1) is 5.10 Å². The molecule has 2 aromatic carbocycles. The first-order valence-electron chi connectivity index (χ1n) is 11.7. The van der Waals surface area contributed by atoms with Gasteiger partial charge in [0.15, 0.2) is 5.58 Å². The molecular weight excluding hydrogens is 434 g/mol. The second-order valence-corrected chi connectivity index (χ2v) is 8.78. The third kappa shape index (κ3) is 4.14. The Balaban J connectivity index is 1.13. The summed E-state index contributed by atoms with van der Waals surface area (Å²) < 4.78 is 18.5. The summed E-state index contributed by atoms with van der Waals surface area (Å²) in [5.74, 6) is 0.596.